The van der Waals surface area contributed by atoms with Crippen molar-refractivity contribution in [1.29, 1.82) is 0 Å². The zero-order chi connectivity index (χ0) is 9.61. The lowest BCUT2D eigenvalue weighted by Crippen LogP contribution is -2.26. The van der Waals surface area contributed by atoms with Crippen molar-refractivity contribution in [2.45, 2.75) is 34.1 Å². The van der Waals surface area contributed by atoms with E-state index in [1.54, 1.807) is 0 Å². The van der Waals surface area contributed by atoms with Crippen molar-refractivity contribution in [1.82, 2.24) is 5.32 Å². The summed E-state index contributed by atoms with van der Waals surface area (Å²) in [7, 11) is 0. The summed E-state index contributed by atoms with van der Waals surface area (Å²) in [4.78, 5) is 0. The minimum Gasteiger partial charge on any atom is -0.395 e. The molecule has 0 spiro atoms. The predicted octanol–water partition coefficient (Wildman–Crippen LogP) is 1.64. The number of hydrogen-bond acceptors (Lipinski definition) is 2. The second-order valence-electron chi connectivity index (χ2n) is 4.80. The molecule has 0 aliphatic rings. The Bertz CT molecular complexity index is 107. The Hall–Kier alpha value is -0.0800. The Balaban J connectivity index is 3.40. The van der Waals surface area contributed by atoms with Gasteiger partial charge in [0, 0.05) is 6.54 Å². The van der Waals surface area contributed by atoms with Gasteiger partial charge in [0.05, 0.1) is 6.61 Å². The lowest BCUT2D eigenvalue weighted by atomic mass is 9.85. The largest absolute Gasteiger partial charge is 0.395 e. The zero-order valence-electron chi connectivity index (χ0n) is 8.85. The highest BCUT2D eigenvalue weighted by Crippen LogP contribution is 2.23. The van der Waals surface area contributed by atoms with Crippen molar-refractivity contribution in [2.75, 3.05) is 19.7 Å². The molecule has 0 amide bonds. The van der Waals surface area contributed by atoms with E-state index in [1.807, 2.05) is 0 Å². The van der Waals surface area contributed by atoms with Crippen LogP contribution in [0.15, 0.2) is 0 Å². The van der Waals surface area contributed by atoms with E-state index in [1.165, 1.54) is 6.42 Å². The van der Waals surface area contributed by atoms with Crippen LogP contribution in [0.4, 0.5) is 0 Å². The van der Waals surface area contributed by atoms with Crippen molar-refractivity contribution in [3.8, 4) is 0 Å². The molecule has 1 unspecified atom stereocenters. The first-order chi connectivity index (χ1) is 5.45. The summed E-state index contributed by atoms with van der Waals surface area (Å²) in [6, 6.07) is 0. The van der Waals surface area contributed by atoms with Crippen molar-refractivity contribution in [2.24, 2.45) is 11.3 Å². The summed E-state index contributed by atoms with van der Waals surface area (Å²) in [5, 5.41) is 11.8. The summed E-state index contributed by atoms with van der Waals surface area (Å²) < 4.78 is 0. The monoisotopic (exact) mass is 173 g/mol. The molecule has 0 fully saturated rings. The van der Waals surface area contributed by atoms with Gasteiger partial charge in [0.25, 0.3) is 0 Å². The first-order valence-electron chi connectivity index (χ1n) is 4.77. The van der Waals surface area contributed by atoms with Crippen LogP contribution >= 0.6 is 0 Å². The molecule has 0 aromatic carbocycles. The van der Waals surface area contributed by atoms with E-state index < -0.39 is 0 Å². The van der Waals surface area contributed by atoms with Gasteiger partial charge in [-0.05, 0) is 24.3 Å². The fourth-order valence-corrected chi connectivity index (χ4v) is 1.55. The molecule has 0 heterocycles. The summed E-state index contributed by atoms with van der Waals surface area (Å²) in [5.74, 6) is 0.691. The standard InChI is InChI=1S/C10H23NO/c1-9(7-10(2,3)4)8-11-5-6-12/h9,11-12H,5-8H2,1-4H3. The van der Waals surface area contributed by atoms with Gasteiger partial charge in [-0.2, -0.15) is 0 Å². The predicted molar refractivity (Wildman–Crippen MR) is 53.2 cm³/mol. The molecule has 0 aromatic heterocycles. The zero-order valence-corrected chi connectivity index (χ0v) is 8.85. The third-order valence-corrected chi connectivity index (χ3v) is 1.74. The lowest BCUT2D eigenvalue weighted by molar-refractivity contribution is 0.272. The maximum Gasteiger partial charge on any atom is 0.0555 e. The van der Waals surface area contributed by atoms with Crippen molar-refractivity contribution >= 4 is 0 Å². The lowest BCUT2D eigenvalue weighted by Gasteiger charge is -2.23. The number of aliphatic hydroxyl groups excluding tert-OH is 1. The quantitative estimate of drug-likeness (QED) is 0.619. The third-order valence-electron chi connectivity index (χ3n) is 1.74. The van der Waals surface area contributed by atoms with E-state index in [9.17, 15) is 0 Å². The van der Waals surface area contributed by atoms with Crippen LogP contribution in [0.25, 0.3) is 0 Å². The van der Waals surface area contributed by atoms with Crippen LogP contribution in [-0.2, 0) is 0 Å². The van der Waals surface area contributed by atoms with Gasteiger partial charge in [0.15, 0.2) is 0 Å². The van der Waals surface area contributed by atoms with Gasteiger partial charge in [-0.25, -0.2) is 0 Å². The first kappa shape index (κ1) is 11.9. The number of hydrogen-bond donors (Lipinski definition) is 2. The molecule has 0 aliphatic heterocycles. The van der Waals surface area contributed by atoms with Crippen LogP contribution in [0.1, 0.15) is 34.1 Å². The molecular weight excluding hydrogens is 150 g/mol. The van der Waals surface area contributed by atoms with E-state index in [0.717, 1.165) is 6.54 Å². The minimum atomic E-state index is 0.238. The van der Waals surface area contributed by atoms with E-state index in [2.05, 4.69) is 33.0 Å². The highest BCUT2D eigenvalue weighted by molar-refractivity contribution is 4.67. The smallest absolute Gasteiger partial charge is 0.0555 e. The third kappa shape index (κ3) is 8.02. The molecule has 1 atom stereocenters. The highest BCUT2D eigenvalue weighted by Gasteiger charge is 2.14. The molecule has 0 aliphatic carbocycles. The molecule has 74 valence electrons. The van der Waals surface area contributed by atoms with Crippen molar-refractivity contribution in [3.05, 3.63) is 0 Å². The van der Waals surface area contributed by atoms with E-state index in [0.29, 0.717) is 17.9 Å². The van der Waals surface area contributed by atoms with Crippen LogP contribution in [0, 0.1) is 11.3 Å². The number of aliphatic hydroxyl groups is 1. The van der Waals surface area contributed by atoms with Crippen molar-refractivity contribution in [3.63, 3.8) is 0 Å². The van der Waals surface area contributed by atoms with Crippen LogP contribution in [-0.4, -0.2) is 24.8 Å². The molecule has 12 heavy (non-hydrogen) atoms. The van der Waals surface area contributed by atoms with E-state index in [4.69, 9.17) is 5.11 Å². The van der Waals surface area contributed by atoms with Crippen LogP contribution in [0.5, 0.6) is 0 Å². The maximum atomic E-state index is 8.55. The summed E-state index contributed by atoms with van der Waals surface area (Å²) in [5.41, 5.74) is 0.417. The fourth-order valence-electron chi connectivity index (χ4n) is 1.55. The molecular formula is C10H23NO. The molecule has 0 rings (SSSR count). The van der Waals surface area contributed by atoms with Crippen LogP contribution in [0.2, 0.25) is 0 Å². The van der Waals surface area contributed by atoms with E-state index >= 15 is 0 Å². The van der Waals surface area contributed by atoms with Crippen LogP contribution < -0.4 is 5.32 Å². The normalized spacial score (nSPS) is 14.8. The topological polar surface area (TPSA) is 32.3 Å². The first-order valence-corrected chi connectivity index (χ1v) is 4.77. The van der Waals surface area contributed by atoms with Gasteiger partial charge in [-0.15, -0.1) is 0 Å². The highest BCUT2D eigenvalue weighted by atomic mass is 16.3. The molecule has 2 heteroatoms. The van der Waals surface area contributed by atoms with Gasteiger partial charge in [0.1, 0.15) is 0 Å². The molecule has 2 nitrogen and oxygen atoms in total. The molecule has 0 aromatic rings. The van der Waals surface area contributed by atoms with Crippen LogP contribution in [0.3, 0.4) is 0 Å². The Labute approximate surface area is 76.4 Å². The molecule has 0 radical (unpaired) electrons. The number of nitrogens with one attached hydrogen (secondary N) is 1. The SMILES string of the molecule is CC(CNCCO)CC(C)(C)C. The van der Waals surface area contributed by atoms with E-state index in [-0.39, 0.29) is 6.61 Å². The van der Waals surface area contributed by atoms with Gasteiger partial charge >= 0.3 is 0 Å². The Morgan fingerprint density at radius 1 is 1.33 bits per heavy atom. The fraction of sp³-hybridized carbons (Fsp3) is 1.00. The molecule has 0 bridgehead atoms. The Morgan fingerprint density at radius 3 is 2.33 bits per heavy atom. The van der Waals surface area contributed by atoms with Gasteiger partial charge < -0.3 is 10.4 Å². The van der Waals surface area contributed by atoms with Gasteiger partial charge in [0.2, 0.25) is 0 Å². The Morgan fingerprint density at radius 2 is 1.92 bits per heavy atom. The summed E-state index contributed by atoms with van der Waals surface area (Å²) >= 11 is 0. The minimum absolute atomic E-state index is 0.238. The van der Waals surface area contributed by atoms with Gasteiger partial charge in [-0.1, -0.05) is 27.7 Å². The molecule has 0 saturated carbocycles. The van der Waals surface area contributed by atoms with Gasteiger partial charge in [-0.3, -0.25) is 0 Å². The summed E-state index contributed by atoms with van der Waals surface area (Å²) in [6.45, 7) is 11.0. The average molecular weight is 173 g/mol. The second kappa shape index (κ2) is 5.55. The number of rotatable bonds is 5. The Kier molecular flexibility index (Phi) is 5.51. The average Bonchev–Trinajstić information content (AvgIpc) is 1.84. The van der Waals surface area contributed by atoms with Crippen molar-refractivity contribution < 1.29 is 5.11 Å². The maximum absolute atomic E-state index is 8.55. The summed E-state index contributed by atoms with van der Waals surface area (Å²) in [6.07, 6.45) is 1.23. The second-order valence-corrected chi connectivity index (χ2v) is 4.80. The molecule has 2 N–H and O–H groups in total. The molecule has 0 saturated heterocycles.